The highest BCUT2D eigenvalue weighted by Crippen LogP contribution is 2.44. The van der Waals surface area contributed by atoms with E-state index in [1.165, 1.54) is 30.3 Å². The number of alkyl carbamates (subject to hydrolysis) is 1. The van der Waals surface area contributed by atoms with Crippen LogP contribution in [-0.4, -0.2) is 31.8 Å². The highest BCUT2D eigenvalue weighted by molar-refractivity contribution is 7.94. The molecule has 0 aliphatic heterocycles. The van der Waals surface area contributed by atoms with Gasteiger partial charge >= 0.3 is 6.09 Å². The number of ether oxygens (including phenoxy) is 2. The minimum Gasteiger partial charge on any atom is -0.508 e. The van der Waals surface area contributed by atoms with Crippen LogP contribution in [0.5, 0.6) is 11.5 Å². The first-order valence-corrected chi connectivity index (χ1v) is 15.2. The summed E-state index contributed by atoms with van der Waals surface area (Å²) in [7, 11) is -3.85. The third kappa shape index (κ3) is 6.66. The van der Waals surface area contributed by atoms with E-state index in [1.54, 1.807) is 24.3 Å². The Labute approximate surface area is 246 Å². The largest absolute Gasteiger partial charge is 0.508 e. The summed E-state index contributed by atoms with van der Waals surface area (Å²) in [4.78, 5) is 13.1. The molecule has 0 unspecified atom stereocenters. The van der Waals surface area contributed by atoms with Gasteiger partial charge in [-0.15, -0.1) is 0 Å². The number of fused-ring (bicyclic) bond motifs is 3. The molecule has 42 heavy (non-hydrogen) atoms. The minimum atomic E-state index is -3.85. The van der Waals surface area contributed by atoms with E-state index in [9.17, 15) is 18.3 Å². The Balaban J connectivity index is 1.36. The monoisotopic (exact) mass is 583 g/mol. The Morgan fingerprint density at radius 1 is 0.881 bits per heavy atom. The Morgan fingerprint density at radius 3 is 2.02 bits per heavy atom. The zero-order valence-electron chi connectivity index (χ0n) is 23.7. The summed E-state index contributed by atoms with van der Waals surface area (Å²) in [5.41, 5.74) is 4.69. The molecule has 216 valence electrons. The summed E-state index contributed by atoms with van der Waals surface area (Å²) < 4.78 is 37.6. The number of carbonyl (C=O) groups is 1. The van der Waals surface area contributed by atoms with E-state index >= 15 is 0 Å². The standard InChI is InChI=1S/C34H33NO6S/c1-34(2,3)41-25-16-12-23(13-17-25)32(20-21-42(38,39)26-18-14-24(36)15-19-26)35-33(37)40-22-31-29-10-6-4-8-27(29)28-9-5-7-11-30(28)31/h4-21,31-32,36H,22H2,1-3H3,(H,35,37)/b21-20+/t32-/m1/s1. The van der Waals surface area contributed by atoms with Crippen LogP contribution in [0.3, 0.4) is 0 Å². The van der Waals surface area contributed by atoms with Crippen LogP contribution >= 0.6 is 0 Å². The van der Waals surface area contributed by atoms with Crippen LogP contribution in [0.2, 0.25) is 0 Å². The zero-order valence-corrected chi connectivity index (χ0v) is 24.5. The Kier molecular flexibility index (Phi) is 8.09. The smallest absolute Gasteiger partial charge is 0.407 e. The molecule has 0 bridgehead atoms. The molecule has 8 heteroatoms. The fraction of sp³-hybridized carbons (Fsp3) is 0.206. The average Bonchev–Trinajstić information content (AvgIpc) is 3.28. The number of phenols is 1. The molecule has 0 saturated carbocycles. The zero-order chi connectivity index (χ0) is 29.9. The average molecular weight is 584 g/mol. The van der Waals surface area contributed by atoms with Crippen molar-refractivity contribution in [1.82, 2.24) is 5.32 Å². The van der Waals surface area contributed by atoms with E-state index in [0.717, 1.165) is 27.7 Å². The molecule has 1 amide bonds. The van der Waals surface area contributed by atoms with E-state index in [1.807, 2.05) is 57.2 Å². The van der Waals surface area contributed by atoms with Crippen molar-refractivity contribution < 1.29 is 27.8 Å². The van der Waals surface area contributed by atoms with Gasteiger partial charge in [0.25, 0.3) is 0 Å². The van der Waals surface area contributed by atoms with E-state index in [2.05, 4.69) is 17.4 Å². The van der Waals surface area contributed by atoms with Crippen LogP contribution in [0.25, 0.3) is 11.1 Å². The lowest BCUT2D eigenvalue weighted by Crippen LogP contribution is -2.29. The number of aromatic hydroxyl groups is 1. The number of hydrogen-bond donors (Lipinski definition) is 2. The number of hydrogen-bond acceptors (Lipinski definition) is 6. The molecule has 0 fully saturated rings. The van der Waals surface area contributed by atoms with Gasteiger partial charge in [0, 0.05) is 11.3 Å². The first kappa shape index (κ1) is 29.0. The molecule has 4 aromatic rings. The maximum absolute atomic E-state index is 13.1. The fourth-order valence-electron chi connectivity index (χ4n) is 5.00. The van der Waals surface area contributed by atoms with Gasteiger partial charge in [0.1, 0.15) is 23.7 Å². The fourth-order valence-corrected chi connectivity index (χ4v) is 6.04. The normalized spacial score (nSPS) is 13.8. The van der Waals surface area contributed by atoms with Crippen LogP contribution in [-0.2, 0) is 14.6 Å². The summed E-state index contributed by atoms with van der Waals surface area (Å²) in [5, 5.41) is 13.4. The van der Waals surface area contributed by atoms with E-state index < -0.39 is 27.6 Å². The molecular formula is C34H33NO6S. The van der Waals surface area contributed by atoms with Gasteiger partial charge in [0.15, 0.2) is 9.84 Å². The van der Waals surface area contributed by atoms with Crippen molar-refractivity contribution in [2.75, 3.05) is 6.61 Å². The van der Waals surface area contributed by atoms with E-state index in [4.69, 9.17) is 9.47 Å². The highest BCUT2D eigenvalue weighted by atomic mass is 32.2. The Hall–Kier alpha value is -4.56. The molecule has 0 radical (unpaired) electrons. The second kappa shape index (κ2) is 11.7. The predicted octanol–water partition coefficient (Wildman–Crippen LogP) is 7.14. The summed E-state index contributed by atoms with van der Waals surface area (Å²) >= 11 is 0. The topological polar surface area (TPSA) is 102 Å². The molecule has 1 aliphatic rings. The molecule has 2 N–H and O–H groups in total. The Morgan fingerprint density at radius 2 is 1.45 bits per heavy atom. The van der Waals surface area contributed by atoms with Crippen molar-refractivity contribution in [3.8, 4) is 22.6 Å². The maximum Gasteiger partial charge on any atom is 0.407 e. The quantitative estimate of drug-likeness (QED) is 0.229. The number of phenolic OH excluding ortho intramolecular Hbond substituents is 1. The summed E-state index contributed by atoms with van der Waals surface area (Å²) in [5.74, 6) is 0.498. The molecule has 0 heterocycles. The number of amides is 1. The molecule has 0 saturated heterocycles. The summed E-state index contributed by atoms with van der Waals surface area (Å²) in [6, 6.07) is 27.7. The van der Waals surface area contributed by atoms with Crippen molar-refractivity contribution in [2.24, 2.45) is 0 Å². The van der Waals surface area contributed by atoms with Gasteiger partial charge in [0.2, 0.25) is 0 Å². The van der Waals surface area contributed by atoms with Crippen molar-refractivity contribution in [1.29, 1.82) is 0 Å². The number of carbonyl (C=O) groups excluding carboxylic acids is 1. The third-order valence-corrected chi connectivity index (χ3v) is 8.34. The summed E-state index contributed by atoms with van der Waals surface area (Å²) in [6.45, 7) is 5.96. The van der Waals surface area contributed by atoms with Crippen molar-refractivity contribution in [3.05, 3.63) is 125 Å². The first-order valence-electron chi connectivity index (χ1n) is 13.6. The van der Waals surface area contributed by atoms with Crippen LogP contribution in [0.1, 0.15) is 49.4 Å². The van der Waals surface area contributed by atoms with Crippen LogP contribution in [0, 0.1) is 0 Å². The molecule has 7 nitrogen and oxygen atoms in total. The Bertz CT molecular complexity index is 1660. The lowest BCUT2D eigenvalue weighted by Gasteiger charge is -2.22. The van der Waals surface area contributed by atoms with Crippen LogP contribution < -0.4 is 10.1 Å². The van der Waals surface area contributed by atoms with Crippen molar-refractivity contribution in [3.63, 3.8) is 0 Å². The predicted molar refractivity (Wildman–Crippen MR) is 162 cm³/mol. The van der Waals surface area contributed by atoms with E-state index in [0.29, 0.717) is 11.3 Å². The number of benzene rings is 4. The molecule has 4 aromatic carbocycles. The van der Waals surface area contributed by atoms with Gasteiger partial charge < -0.3 is 19.9 Å². The van der Waals surface area contributed by atoms with Gasteiger partial charge in [-0.2, -0.15) is 0 Å². The van der Waals surface area contributed by atoms with E-state index in [-0.39, 0.29) is 23.2 Å². The minimum absolute atomic E-state index is 0.0189. The van der Waals surface area contributed by atoms with Crippen LogP contribution in [0.15, 0.2) is 113 Å². The van der Waals surface area contributed by atoms with Gasteiger partial charge in [-0.25, -0.2) is 13.2 Å². The number of rotatable bonds is 8. The first-order chi connectivity index (χ1) is 20.0. The molecular weight excluding hydrogens is 550 g/mol. The summed E-state index contributed by atoms with van der Waals surface area (Å²) in [6.07, 6.45) is 0.729. The SMILES string of the molecule is CC(C)(C)Oc1ccc([C@@H](/C=C/S(=O)(=O)c2ccc(O)cc2)NC(=O)OCC2c3ccccc3-c3ccccc32)cc1. The van der Waals surface area contributed by atoms with Crippen molar-refractivity contribution in [2.45, 2.75) is 43.2 Å². The lowest BCUT2D eigenvalue weighted by atomic mass is 9.98. The van der Waals surface area contributed by atoms with Gasteiger partial charge in [-0.1, -0.05) is 60.7 Å². The maximum atomic E-state index is 13.1. The molecule has 1 aliphatic carbocycles. The van der Waals surface area contributed by atoms with Crippen LogP contribution in [0.4, 0.5) is 4.79 Å². The number of nitrogens with one attached hydrogen (secondary N) is 1. The van der Waals surface area contributed by atoms with Gasteiger partial charge in [-0.05, 0) is 91.1 Å². The molecule has 0 spiro atoms. The molecule has 5 rings (SSSR count). The van der Waals surface area contributed by atoms with Gasteiger partial charge in [-0.3, -0.25) is 0 Å². The van der Waals surface area contributed by atoms with Gasteiger partial charge in [0.05, 0.1) is 10.9 Å². The number of sulfone groups is 1. The third-order valence-electron chi connectivity index (χ3n) is 6.90. The molecule has 1 atom stereocenters. The van der Waals surface area contributed by atoms with Crippen molar-refractivity contribution >= 4 is 15.9 Å². The second-order valence-corrected chi connectivity index (χ2v) is 12.9. The lowest BCUT2D eigenvalue weighted by molar-refractivity contribution is 0.131. The molecule has 0 aromatic heterocycles. The second-order valence-electron chi connectivity index (χ2n) is 11.1. The highest BCUT2D eigenvalue weighted by Gasteiger charge is 2.29.